The van der Waals surface area contributed by atoms with Crippen LogP contribution in [0.25, 0.3) is 0 Å². The maximum atomic E-state index is 5.29. The molecule has 2 N–H and O–H groups in total. The molecule has 0 aliphatic carbocycles. The van der Waals surface area contributed by atoms with Gasteiger partial charge in [-0.3, -0.25) is 0 Å². The molecule has 5 nitrogen and oxygen atoms in total. The number of methoxy groups -OCH3 is 2. The summed E-state index contributed by atoms with van der Waals surface area (Å²) in [4.78, 5) is 4.51. The van der Waals surface area contributed by atoms with Gasteiger partial charge in [0.25, 0.3) is 0 Å². The maximum absolute atomic E-state index is 5.29. The van der Waals surface area contributed by atoms with Crippen molar-refractivity contribution in [3.8, 4) is 11.5 Å². The number of anilines is 3. The fourth-order valence-corrected chi connectivity index (χ4v) is 1.92. The Bertz CT molecular complexity index is 587. The summed E-state index contributed by atoms with van der Waals surface area (Å²) in [6.45, 7) is 3.03. The van der Waals surface area contributed by atoms with Gasteiger partial charge in [0.15, 0.2) is 11.5 Å². The van der Waals surface area contributed by atoms with Crippen LogP contribution in [0.15, 0.2) is 36.4 Å². The molecular formula is C16H21N3O2. The molecule has 0 atom stereocenters. The molecule has 0 amide bonds. The molecule has 0 spiro atoms. The maximum Gasteiger partial charge on any atom is 0.162 e. The highest BCUT2D eigenvalue weighted by Gasteiger charge is 2.05. The van der Waals surface area contributed by atoms with Crippen LogP contribution in [0.5, 0.6) is 11.5 Å². The quantitative estimate of drug-likeness (QED) is 0.814. The lowest BCUT2D eigenvalue weighted by atomic mass is 10.2. The van der Waals surface area contributed by atoms with Crippen LogP contribution in [0.2, 0.25) is 0 Å². The SMILES string of the molecule is CCCNc1cccc(Nc2ccc(OC)c(OC)c2)n1. The fourth-order valence-electron chi connectivity index (χ4n) is 1.92. The van der Waals surface area contributed by atoms with Crippen molar-refractivity contribution < 1.29 is 9.47 Å². The van der Waals surface area contributed by atoms with E-state index in [1.807, 2.05) is 36.4 Å². The Morgan fingerprint density at radius 1 is 1.00 bits per heavy atom. The molecule has 0 radical (unpaired) electrons. The third kappa shape index (κ3) is 4.02. The molecule has 0 fully saturated rings. The monoisotopic (exact) mass is 287 g/mol. The second-order valence-electron chi connectivity index (χ2n) is 4.53. The molecule has 0 aliphatic rings. The number of nitrogens with one attached hydrogen (secondary N) is 2. The first-order valence-electron chi connectivity index (χ1n) is 6.96. The molecule has 112 valence electrons. The molecule has 0 unspecified atom stereocenters. The van der Waals surface area contributed by atoms with Crippen molar-refractivity contribution in [2.24, 2.45) is 0 Å². The van der Waals surface area contributed by atoms with Gasteiger partial charge in [0.1, 0.15) is 11.6 Å². The van der Waals surface area contributed by atoms with Crippen LogP contribution in [0.3, 0.4) is 0 Å². The molecule has 0 saturated carbocycles. The second kappa shape index (κ2) is 7.38. The number of aromatic nitrogens is 1. The Morgan fingerprint density at radius 2 is 1.76 bits per heavy atom. The summed E-state index contributed by atoms with van der Waals surface area (Å²) in [7, 11) is 3.24. The number of hydrogen-bond acceptors (Lipinski definition) is 5. The van der Waals surface area contributed by atoms with E-state index in [1.54, 1.807) is 14.2 Å². The molecule has 21 heavy (non-hydrogen) atoms. The van der Waals surface area contributed by atoms with Crippen molar-refractivity contribution in [1.82, 2.24) is 4.98 Å². The highest BCUT2D eigenvalue weighted by atomic mass is 16.5. The minimum Gasteiger partial charge on any atom is -0.493 e. The van der Waals surface area contributed by atoms with Crippen LogP contribution >= 0.6 is 0 Å². The smallest absolute Gasteiger partial charge is 0.162 e. The number of pyridine rings is 1. The number of benzene rings is 1. The van der Waals surface area contributed by atoms with E-state index in [0.29, 0.717) is 11.5 Å². The summed E-state index contributed by atoms with van der Waals surface area (Å²) in [5.74, 6) is 3.03. The van der Waals surface area contributed by atoms with E-state index >= 15 is 0 Å². The van der Waals surface area contributed by atoms with Gasteiger partial charge in [-0.1, -0.05) is 13.0 Å². The molecule has 2 rings (SSSR count). The van der Waals surface area contributed by atoms with Gasteiger partial charge < -0.3 is 20.1 Å². The first kappa shape index (κ1) is 15.0. The van der Waals surface area contributed by atoms with Crippen LogP contribution in [-0.4, -0.2) is 25.7 Å². The van der Waals surface area contributed by atoms with Crippen molar-refractivity contribution in [3.05, 3.63) is 36.4 Å². The summed E-state index contributed by atoms with van der Waals surface area (Å²) in [6, 6.07) is 11.5. The van der Waals surface area contributed by atoms with Gasteiger partial charge in [0, 0.05) is 18.3 Å². The summed E-state index contributed by atoms with van der Waals surface area (Å²) in [5, 5.41) is 6.53. The van der Waals surface area contributed by atoms with E-state index in [2.05, 4.69) is 22.5 Å². The standard InChI is InChI=1S/C16H21N3O2/c1-4-10-17-15-6-5-7-16(19-15)18-12-8-9-13(20-2)14(11-12)21-3/h5-9,11H,4,10H2,1-3H3,(H2,17,18,19). The topological polar surface area (TPSA) is 55.4 Å². The van der Waals surface area contributed by atoms with E-state index in [-0.39, 0.29) is 0 Å². The zero-order valence-electron chi connectivity index (χ0n) is 12.6. The normalized spacial score (nSPS) is 10.0. The summed E-state index contributed by atoms with van der Waals surface area (Å²) in [5.41, 5.74) is 0.896. The van der Waals surface area contributed by atoms with Crippen LogP contribution in [0.1, 0.15) is 13.3 Å². The predicted molar refractivity (Wildman–Crippen MR) is 85.8 cm³/mol. The minimum atomic E-state index is 0.683. The highest BCUT2D eigenvalue weighted by molar-refractivity contribution is 5.62. The molecule has 0 aliphatic heterocycles. The van der Waals surface area contributed by atoms with Crippen molar-refractivity contribution in [1.29, 1.82) is 0 Å². The van der Waals surface area contributed by atoms with Gasteiger partial charge in [-0.25, -0.2) is 4.98 Å². The van der Waals surface area contributed by atoms with Crippen LogP contribution in [0.4, 0.5) is 17.3 Å². The number of hydrogen-bond donors (Lipinski definition) is 2. The van der Waals surface area contributed by atoms with Gasteiger partial charge in [-0.15, -0.1) is 0 Å². The first-order chi connectivity index (χ1) is 10.3. The van der Waals surface area contributed by atoms with Crippen molar-refractivity contribution >= 4 is 17.3 Å². The van der Waals surface area contributed by atoms with Crippen molar-refractivity contribution in [3.63, 3.8) is 0 Å². The molecule has 0 bridgehead atoms. The van der Waals surface area contributed by atoms with Crippen LogP contribution < -0.4 is 20.1 Å². The lowest BCUT2D eigenvalue weighted by molar-refractivity contribution is 0.355. The average molecular weight is 287 g/mol. The van der Waals surface area contributed by atoms with Crippen LogP contribution in [0, 0.1) is 0 Å². The highest BCUT2D eigenvalue weighted by Crippen LogP contribution is 2.30. The summed E-state index contributed by atoms with van der Waals surface area (Å²) >= 11 is 0. The van der Waals surface area contributed by atoms with Crippen molar-refractivity contribution in [2.45, 2.75) is 13.3 Å². The fraction of sp³-hybridized carbons (Fsp3) is 0.312. The second-order valence-corrected chi connectivity index (χ2v) is 4.53. The van der Waals surface area contributed by atoms with Gasteiger partial charge in [-0.2, -0.15) is 0 Å². The van der Waals surface area contributed by atoms with Gasteiger partial charge in [-0.05, 0) is 30.7 Å². The predicted octanol–water partition coefficient (Wildman–Crippen LogP) is 3.66. The number of rotatable bonds is 7. The minimum absolute atomic E-state index is 0.683. The Hall–Kier alpha value is -2.43. The molecule has 1 aromatic heterocycles. The molecule has 5 heteroatoms. The summed E-state index contributed by atoms with van der Waals surface area (Å²) < 4.78 is 10.5. The van der Waals surface area contributed by atoms with Crippen LogP contribution in [-0.2, 0) is 0 Å². The number of nitrogens with zero attached hydrogens (tertiary/aromatic N) is 1. The van der Waals surface area contributed by atoms with E-state index in [0.717, 1.165) is 30.3 Å². The first-order valence-corrected chi connectivity index (χ1v) is 6.96. The molecular weight excluding hydrogens is 266 g/mol. The van der Waals surface area contributed by atoms with E-state index in [4.69, 9.17) is 9.47 Å². The Morgan fingerprint density at radius 3 is 2.48 bits per heavy atom. The lowest BCUT2D eigenvalue weighted by Gasteiger charge is -2.11. The lowest BCUT2D eigenvalue weighted by Crippen LogP contribution is -2.03. The van der Waals surface area contributed by atoms with E-state index < -0.39 is 0 Å². The number of ether oxygens (including phenoxy) is 2. The van der Waals surface area contributed by atoms with E-state index in [1.165, 1.54) is 0 Å². The zero-order chi connectivity index (χ0) is 15.1. The third-order valence-corrected chi connectivity index (χ3v) is 2.96. The zero-order valence-corrected chi connectivity index (χ0v) is 12.6. The molecule has 1 aromatic carbocycles. The van der Waals surface area contributed by atoms with Gasteiger partial charge in [0.05, 0.1) is 14.2 Å². The molecule has 2 aromatic rings. The largest absolute Gasteiger partial charge is 0.493 e. The average Bonchev–Trinajstić information content (AvgIpc) is 2.53. The van der Waals surface area contributed by atoms with E-state index in [9.17, 15) is 0 Å². The summed E-state index contributed by atoms with van der Waals surface area (Å²) in [6.07, 6.45) is 1.06. The molecule has 1 heterocycles. The Balaban J connectivity index is 2.14. The Labute approximate surface area is 125 Å². The van der Waals surface area contributed by atoms with Gasteiger partial charge in [0.2, 0.25) is 0 Å². The Kier molecular flexibility index (Phi) is 5.26. The van der Waals surface area contributed by atoms with Gasteiger partial charge >= 0.3 is 0 Å². The van der Waals surface area contributed by atoms with Crippen molar-refractivity contribution in [2.75, 3.05) is 31.4 Å². The third-order valence-electron chi connectivity index (χ3n) is 2.96. The molecule has 0 saturated heterocycles.